The molecule has 1 fully saturated rings. The lowest BCUT2D eigenvalue weighted by atomic mass is 10.2. The van der Waals surface area contributed by atoms with Crippen molar-refractivity contribution in [3.63, 3.8) is 0 Å². The maximum Gasteiger partial charge on any atom is 0.223 e. The monoisotopic (exact) mass is 257 g/mol. The first kappa shape index (κ1) is 15.4. The van der Waals surface area contributed by atoms with Crippen LogP contribution in [0.2, 0.25) is 0 Å². The number of rotatable bonds is 6. The van der Waals surface area contributed by atoms with E-state index in [4.69, 9.17) is 10.5 Å². The van der Waals surface area contributed by atoms with Gasteiger partial charge in [0.25, 0.3) is 0 Å². The predicted molar refractivity (Wildman–Crippen MR) is 72.4 cm³/mol. The van der Waals surface area contributed by atoms with Crippen LogP contribution in [0.25, 0.3) is 0 Å². The van der Waals surface area contributed by atoms with E-state index in [0.29, 0.717) is 13.0 Å². The number of amides is 1. The van der Waals surface area contributed by atoms with E-state index in [1.807, 2.05) is 7.05 Å². The highest BCUT2D eigenvalue weighted by Crippen LogP contribution is 2.11. The third-order valence-corrected chi connectivity index (χ3v) is 3.26. The Kier molecular flexibility index (Phi) is 6.60. The van der Waals surface area contributed by atoms with Gasteiger partial charge in [-0.05, 0) is 26.8 Å². The third kappa shape index (κ3) is 5.33. The molecule has 5 nitrogen and oxygen atoms in total. The number of carbonyl (C=O) groups excluding carboxylic acids is 1. The van der Waals surface area contributed by atoms with Gasteiger partial charge in [-0.1, -0.05) is 0 Å². The Labute approximate surface area is 110 Å². The molecular weight excluding hydrogens is 230 g/mol. The van der Waals surface area contributed by atoms with E-state index in [-0.39, 0.29) is 18.1 Å². The zero-order valence-electron chi connectivity index (χ0n) is 11.9. The number of hydrogen-bond donors (Lipinski definition) is 1. The number of carbonyl (C=O) groups is 1. The van der Waals surface area contributed by atoms with Crippen LogP contribution < -0.4 is 5.73 Å². The van der Waals surface area contributed by atoms with Gasteiger partial charge >= 0.3 is 0 Å². The summed E-state index contributed by atoms with van der Waals surface area (Å²) in [5.41, 5.74) is 5.44. The van der Waals surface area contributed by atoms with Crippen LogP contribution in [-0.4, -0.2) is 67.7 Å². The fourth-order valence-corrected chi connectivity index (χ4v) is 2.36. The molecule has 0 spiro atoms. The summed E-state index contributed by atoms with van der Waals surface area (Å²) in [5.74, 6) is 0.204. The van der Waals surface area contributed by atoms with Crippen LogP contribution in [0.3, 0.4) is 0 Å². The second-order valence-electron chi connectivity index (χ2n) is 5.22. The molecule has 1 aliphatic rings. The highest BCUT2D eigenvalue weighted by atomic mass is 16.5. The van der Waals surface area contributed by atoms with Crippen LogP contribution in [0.15, 0.2) is 0 Å². The molecular formula is C13H27N3O2. The number of hydrogen-bond acceptors (Lipinski definition) is 4. The fourth-order valence-electron chi connectivity index (χ4n) is 2.36. The highest BCUT2D eigenvalue weighted by Gasteiger charge is 2.22. The predicted octanol–water partition coefficient (Wildman–Crippen LogP) is 0.293. The van der Waals surface area contributed by atoms with Crippen LogP contribution >= 0.6 is 0 Å². The Bertz CT molecular complexity index is 251. The molecule has 0 radical (unpaired) electrons. The van der Waals surface area contributed by atoms with Crippen molar-refractivity contribution < 1.29 is 9.53 Å². The van der Waals surface area contributed by atoms with Gasteiger partial charge in [-0.15, -0.1) is 0 Å². The molecule has 1 rings (SSSR count). The Balaban J connectivity index is 2.25. The summed E-state index contributed by atoms with van der Waals surface area (Å²) < 4.78 is 5.67. The average Bonchev–Trinajstić information content (AvgIpc) is 2.31. The molecule has 1 aliphatic heterocycles. The van der Waals surface area contributed by atoms with Crippen LogP contribution in [0.5, 0.6) is 0 Å². The van der Waals surface area contributed by atoms with E-state index in [9.17, 15) is 4.79 Å². The largest absolute Gasteiger partial charge is 0.373 e. The molecule has 2 atom stereocenters. The van der Waals surface area contributed by atoms with Gasteiger partial charge in [-0.25, -0.2) is 0 Å². The van der Waals surface area contributed by atoms with Gasteiger partial charge in [0.15, 0.2) is 0 Å². The van der Waals surface area contributed by atoms with Crippen LogP contribution in [0.1, 0.15) is 26.7 Å². The standard InChI is InChI=1S/C13H27N3O2/c1-11-9-16(10-12(2)18-11)8-5-13(17)15(3)7-4-6-14/h11-12H,4-10,14H2,1-3H3. The van der Waals surface area contributed by atoms with Crippen molar-refractivity contribution in [2.75, 3.05) is 39.8 Å². The molecule has 2 N–H and O–H groups in total. The molecule has 0 bridgehead atoms. The molecule has 0 aliphatic carbocycles. The lowest BCUT2D eigenvalue weighted by molar-refractivity contribution is -0.131. The number of nitrogens with zero attached hydrogens (tertiary/aromatic N) is 2. The van der Waals surface area contributed by atoms with Gasteiger partial charge in [0.05, 0.1) is 12.2 Å². The fraction of sp³-hybridized carbons (Fsp3) is 0.923. The lowest BCUT2D eigenvalue weighted by Gasteiger charge is -2.35. The van der Waals surface area contributed by atoms with Crippen molar-refractivity contribution in [2.24, 2.45) is 5.73 Å². The summed E-state index contributed by atoms with van der Waals surface area (Å²) in [6.45, 7) is 8.22. The summed E-state index contributed by atoms with van der Waals surface area (Å²) in [4.78, 5) is 16.0. The SMILES string of the molecule is CC1CN(CCC(=O)N(C)CCCN)CC(C)O1. The highest BCUT2D eigenvalue weighted by molar-refractivity contribution is 5.76. The van der Waals surface area contributed by atoms with E-state index in [2.05, 4.69) is 18.7 Å². The Morgan fingerprint density at radius 2 is 2.00 bits per heavy atom. The number of morpholine rings is 1. The van der Waals surface area contributed by atoms with Gasteiger partial charge in [0.1, 0.15) is 0 Å². The molecule has 0 aromatic heterocycles. The molecule has 1 saturated heterocycles. The van der Waals surface area contributed by atoms with Gasteiger partial charge in [-0.2, -0.15) is 0 Å². The summed E-state index contributed by atoms with van der Waals surface area (Å²) in [5, 5.41) is 0. The van der Waals surface area contributed by atoms with E-state index in [1.165, 1.54) is 0 Å². The van der Waals surface area contributed by atoms with Crippen molar-refractivity contribution in [1.82, 2.24) is 9.80 Å². The summed E-state index contributed by atoms with van der Waals surface area (Å²) >= 11 is 0. The van der Waals surface area contributed by atoms with E-state index < -0.39 is 0 Å². The minimum Gasteiger partial charge on any atom is -0.373 e. The van der Waals surface area contributed by atoms with Gasteiger partial charge in [0, 0.05) is 39.6 Å². The van der Waals surface area contributed by atoms with Crippen molar-refractivity contribution in [3.8, 4) is 0 Å². The van der Waals surface area contributed by atoms with Crippen molar-refractivity contribution in [2.45, 2.75) is 38.9 Å². The summed E-state index contributed by atoms with van der Waals surface area (Å²) in [6.07, 6.45) is 1.98. The summed E-state index contributed by atoms with van der Waals surface area (Å²) in [6, 6.07) is 0. The normalized spacial score (nSPS) is 25.1. The Morgan fingerprint density at radius 3 is 2.56 bits per heavy atom. The topological polar surface area (TPSA) is 58.8 Å². The van der Waals surface area contributed by atoms with Crippen molar-refractivity contribution in [1.29, 1.82) is 0 Å². The van der Waals surface area contributed by atoms with Crippen LogP contribution in [0, 0.1) is 0 Å². The van der Waals surface area contributed by atoms with E-state index in [1.54, 1.807) is 4.90 Å². The quantitative estimate of drug-likeness (QED) is 0.743. The van der Waals surface area contributed by atoms with Crippen molar-refractivity contribution >= 4 is 5.91 Å². The third-order valence-electron chi connectivity index (χ3n) is 3.26. The average molecular weight is 257 g/mol. The number of nitrogens with two attached hydrogens (primary N) is 1. The molecule has 0 aromatic carbocycles. The molecule has 106 valence electrons. The first-order valence-electron chi connectivity index (χ1n) is 6.84. The first-order valence-corrected chi connectivity index (χ1v) is 6.84. The molecule has 1 amide bonds. The van der Waals surface area contributed by atoms with Crippen LogP contribution in [-0.2, 0) is 9.53 Å². The maximum atomic E-state index is 11.9. The molecule has 1 heterocycles. The second kappa shape index (κ2) is 7.71. The second-order valence-corrected chi connectivity index (χ2v) is 5.22. The minimum atomic E-state index is 0.204. The molecule has 5 heteroatoms. The zero-order valence-corrected chi connectivity index (χ0v) is 11.9. The van der Waals surface area contributed by atoms with Crippen LogP contribution in [0.4, 0.5) is 0 Å². The van der Waals surface area contributed by atoms with E-state index in [0.717, 1.165) is 32.6 Å². The molecule has 2 unspecified atom stereocenters. The molecule has 0 saturated carbocycles. The Morgan fingerprint density at radius 1 is 1.39 bits per heavy atom. The van der Waals surface area contributed by atoms with Gasteiger partial charge in [-0.3, -0.25) is 9.69 Å². The zero-order chi connectivity index (χ0) is 13.5. The maximum absolute atomic E-state index is 11.9. The smallest absolute Gasteiger partial charge is 0.223 e. The first-order chi connectivity index (χ1) is 8.52. The van der Waals surface area contributed by atoms with Gasteiger partial charge < -0.3 is 15.4 Å². The summed E-state index contributed by atoms with van der Waals surface area (Å²) in [7, 11) is 1.85. The Hall–Kier alpha value is -0.650. The molecule has 0 aromatic rings. The molecule has 18 heavy (non-hydrogen) atoms. The van der Waals surface area contributed by atoms with E-state index >= 15 is 0 Å². The van der Waals surface area contributed by atoms with Gasteiger partial charge in [0.2, 0.25) is 5.91 Å². The lowest BCUT2D eigenvalue weighted by Crippen LogP contribution is -2.46. The number of ether oxygens (including phenoxy) is 1. The van der Waals surface area contributed by atoms with Crippen molar-refractivity contribution in [3.05, 3.63) is 0 Å². The minimum absolute atomic E-state index is 0.204.